The Morgan fingerprint density at radius 1 is 1.19 bits per heavy atom. The highest BCUT2D eigenvalue weighted by Gasteiger charge is 2.18. The number of aromatic nitrogens is 1. The zero-order valence-corrected chi connectivity index (χ0v) is 15.9. The van der Waals surface area contributed by atoms with Crippen LogP contribution in [0.25, 0.3) is 0 Å². The van der Waals surface area contributed by atoms with Gasteiger partial charge >= 0.3 is 0 Å². The Labute approximate surface area is 161 Å². The normalized spacial score (nSPS) is 10.7. The first-order chi connectivity index (χ1) is 12.5. The lowest BCUT2D eigenvalue weighted by Gasteiger charge is -2.22. The number of carbonyl (C=O) groups is 1. The number of nitrogens with zero attached hydrogens (tertiary/aromatic N) is 1. The standard InChI is InChI=1S/C20H19ClN2O2S/c1-14-7-8-17(26-14)13-23(10-9-15-5-3-2-4-6-15)20(25)16-11-18(21)19(24)22-12-16/h2-8,11-12H,9-10,13H2,1H3,(H,22,24). The van der Waals surface area contributed by atoms with Crippen LogP contribution >= 0.6 is 22.9 Å². The number of hydrogen-bond donors (Lipinski definition) is 1. The van der Waals surface area contributed by atoms with Gasteiger partial charge < -0.3 is 9.88 Å². The summed E-state index contributed by atoms with van der Waals surface area (Å²) in [5, 5.41) is 0.0193. The first-order valence-corrected chi connectivity index (χ1v) is 9.49. The van der Waals surface area contributed by atoms with Gasteiger partial charge in [0.05, 0.1) is 12.1 Å². The van der Waals surface area contributed by atoms with E-state index in [1.54, 1.807) is 16.2 Å². The molecule has 0 fully saturated rings. The van der Waals surface area contributed by atoms with Gasteiger partial charge in [-0.25, -0.2) is 0 Å². The van der Waals surface area contributed by atoms with Gasteiger partial charge in [-0.15, -0.1) is 11.3 Å². The van der Waals surface area contributed by atoms with Crippen LogP contribution in [0.15, 0.2) is 59.5 Å². The molecule has 6 heteroatoms. The Hall–Kier alpha value is -2.37. The molecule has 0 saturated carbocycles. The molecule has 0 unspecified atom stereocenters. The number of rotatable bonds is 6. The van der Waals surface area contributed by atoms with Gasteiger partial charge in [0.2, 0.25) is 0 Å². The van der Waals surface area contributed by atoms with E-state index in [4.69, 9.17) is 11.6 Å². The third-order valence-electron chi connectivity index (χ3n) is 4.05. The highest BCUT2D eigenvalue weighted by Crippen LogP contribution is 2.19. The molecule has 1 N–H and O–H groups in total. The summed E-state index contributed by atoms with van der Waals surface area (Å²) in [4.78, 5) is 31.1. The second-order valence-electron chi connectivity index (χ2n) is 6.04. The van der Waals surface area contributed by atoms with Crippen LogP contribution in [-0.4, -0.2) is 22.3 Å². The van der Waals surface area contributed by atoms with E-state index in [-0.39, 0.29) is 10.9 Å². The largest absolute Gasteiger partial charge is 0.333 e. The fraction of sp³-hybridized carbons (Fsp3) is 0.200. The van der Waals surface area contributed by atoms with E-state index in [9.17, 15) is 9.59 Å². The maximum absolute atomic E-state index is 13.0. The summed E-state index contributed by atoms with van der Waals surface area (Å²) in [7, 11) is 0. The van der Waals surface area contributed by atoms with Crippen LogP contribution in [0.1, 0.15) is 25.7 Å². The lowest BCUT2D eigenvalue weighted by Crippen LogP contribution is -2.32. The minimum Gasteiger partial charge on any atom is -0.333 e. The van der Waals surface area contributed by atoms with Gasteiger partial charge in [0.25, 0.3) is 11.5 Å². The second-order valence-corrected chi connectivity index (χ2v) is 7.82. The molecular formula is C20H19ClN2O2S. The number of amides is 1. The Morgan fingerprint density at radius 3 is 2.62 bits per heavy atom. The fourth-order valence-electron chi connectivity index (χ4n) is 2.68. The Kier molecular flexibility index (Phi) is 5.91. The lowest BCUT2D eigenvalue weighted by molar-refractivity contribution is 0.0746. The Balaban J connectivity index is 1.81. The van der Waals surface area contributed by atoms with Crippen molar-refractivity contribution in [2.45, 2.75) is 19.9 Å². The highest BCUT2D eigenvalue weighted by molar-refractivity contribution is 7.11. The summed E-state index contributed by atoms with van der Waals surface area (Å²) in [5.41, 5.74) is 1.16. The van der Waals surface area contributed by atoms with E-state index in [0.29, 0.717) is 18.7 Å². The number of aryl methyl sites for hydroxylation is 1. The van der Waals surface area contributed by atoms with Crippen molar-refractivity contribution in [3.63, 3.8) is 0 Å². The molecule has 1 aromatic carbocycles. The zero-order chi connectivity index (χ0) is 18.5. The molecule has 3 rings (SSSR count). The maximum atomic E-state index is 13.0. The highest BCUT2D eigenvalue weighted by atomic mass is 35.5. The summed E-state index contributed by atoms with van der Waals surface area (Å²) in [5.74, 6) is -0.148. The molecule has 0 aliphatic heterocycles. The van der Waals surface area contributed by atoms with Crippen LogP contribution in [0.2, 0.25) is 5.02 Å². The van der Waals surface area contributed by atoms with E-state index in [1.807, 2.05) is 31.2 Å². The SMILES string of the molecule is Cc1ccc(CN(CCc2ccccc2)C(=O)c2c[nH]c(=O)c(Cl)c2)s1. The molecule has 134 valence electrons. The predicted molar refractivity (Wildman–Crippen MR) is 106 cm³/mol. The van der Waals surface area contributed by atoms with Crippen molar-refractivity contribution >= 4 is 28.8 Å². The minimum atomic E-state index is -0.395. The summed E-state index contributed by atoms with van der Waals surface area (Å²) in [6, 6.07) is 15.6. The van der Waals surface area contributed by atoms with Crippen molar-refractivity contribution in [2.24, 2.45) is 0 Å². The summed E-state index contributed by atoms with van der Waals surface area (Å²) in [6.45, 7) is 3.16. The number of halogens is 1. The average molecular weight is 387 g/mol. The smallest absolute Gasteiger partial charge is 0.266 e. The van der Waals surface area contributed by atoms with Gasteiger partial charge in [-0.2, -0.15) is 0 Å². The van der Waals surface area contributed by atoms with Crippen LogP contribution in [0.3, 0.4) is 0 Å². The molecule has 0 aliphatic rings. The molecule has 0 aliphatic carbocycles. The molecular weight excluding hydrogens is 368 g/mol. The number of thiophene rings is 1. The summed E-state index contributed by atoms with van der Waals surface area (Å²) in [6.07, 6.45) is 2.18. The number of aromatic amines is 1. The van der Waals surface area contributed by atoms with Gasteiger partial charge in [-0.1, -0.05) is 41.9 Å². The van der Waals surface area contributed by atoms with Gasteiger partial charge in [-0.05, 0) is 37.1 Å². The minimum absolute atomic E-state index is 0.0193. The molecule has 0 spiro atoms. The molecule has 1 amide bonds. The van der Waals surface area contributed by atoms with Gasteiger partial charge in [-0.3, -0.25) is 9.59 Å². The van der Waals surface area contributed by atoms with E-state index >= 15 is 0 Å². The topological polar surface area (TPSA) is 53.2 Å². The van der Waals surface area contributed by atoms with Gasteiger partial charge in [0.1, 0.15) is 5.02 Å². The van der Waals surface area contributed by atoms with Crippen molar-refractivity contribution in [1.29, 1.82) is 0 Å². The number of hydrogen-bond acceptors (Lipinski definition) is 3. The lowest BCUT2D eigenvalue weighted by atomic mass is 10.1. The van der Waals surface area contributed by atoms with Crippen molar-refractivity contribution in [3.8, 4) is 0 Å². The molecule has 0 bridgehead atoms. The Morgan fingerprint density at radius 2 is 1.96 bits per heavy atom. The molecule has 3 aromatic rings. The number of H-pyrrole nitrogens is 1. The molecule has 4 nitrogen and oxygen atoms in total. The molecule has 0 atom stereocenters. The van der Waals surface area contributed by atoms with Gasteiger partial charge in [0, 0.05) is 22.5 Å². The van der Waals surface area contributed by atoms with Crippen LogP contribution < -0.4 is 5.56 Å². The zero-order valence-electron chi connectivity index (χ0n) is 14.4. The Bertz CT molecular complexity index is 950. The second kappa shape index (κ2) is 8.34. The predicted octanol–water partition coefficient (Wildman–Crippen LogP) is 4.28. The van der Waals surface area contributed by atoms with Crippen LogP contribution in [0.5, 0.6) is 0 Å². The van der Waals surface area contributed by atoms with Crippen LogP contribution in [-0.2, 0) is 13.0 Å². The third kappa shape index (κ3) is 4.62. The van der Waals surface area contributed by atoms with Crippen molar-refractivity contribution < 1.29 is 4.79 Å². The number of nitrogens with one attached hydrogen (secondary N) is 1. The van der Waals surface area contributed by atoms with Crippen molar-refractivity contribution in [1.82, 2.24) is 9.88 Å². The maximum Gasteiger partial charge on any atom is 0.266 e. The number of carbonyl (C=O) groups excluding carboxylic acids is 1. The average Bonchev–Trinajstić information content (AvgIpc) is 3.06. The quantitative estimate of drug-likeness (QED) is 0.687. The van der Waals surface area contributed by atoms with E-state index in [1.165, 1.54) is 22.7 Å². The first kappa shape index (κ1) is 18.4. The fourth-order valence-corrected chi connectivity index (χ4v) is 3.76. The molecule has 2 aromatic heterocycles. The molecule has 0 saturated heterocycles. The summed E-state index contributed by atoms with van der Waals surface area (Å²) < 4.78 is 0. The van der Waals surface area contributed by atoms with Crippen molar-refractivity contribution in [3.05, 3.63) is 91.0 Å². The van der Waals surface area contributed by atoms with E-state index in [0.717, 1.165) is 11.3 Å². The molecule has 2 heterocycles. The third-order valence-corrected chi connectivity index (χ3v) is 5.31. The van der Waals surface area contributed by atoms with Crippen LogP contribution in [0, 0.1) is 6.92 Å². The first-order valence-electron chi connectivity index (χ1n) is 8.29. The number of benzene rings is 1. The van der Waals surface area contributed by atoms with Gasteiger partial charge in [0.15, 0.2) is 0 Å². The number of pyridine rings is 1. The molecule has 26 heavy (non-hydrogen) atoms. The monoisotopic (exact) mass is 386 g/mol. The molecule has 0 radical (unpaired) electrons. The van der Waals surface area contributed by atoms with E-state index < -0.39 is 5.56 Å². The summed E-state index contributed by atoms with van der Waals surface area (Å²) >= 11 is 7.56. The van der Waals surface area contributed by atoms with Crippen molar-refractivity contribution in [2.75, 3.05) is 6.54 Å². The van der Waals surface area contributed by atoms with Crippen LogP contribution in [0.4, 0.5) is 0 Å². The van der Waals surface area contributed by atoms with E-state index in [2.05, 4.69) is 23.2 Å².